The molecule has 0 spiro atoms. The van der Waals surface area contributed by atoms with Crippen LogP contribution in [-0.4, -0.2) is 42.1 Å². The Morgan fingerprint density at radius 1 is 1.00 bits per heavy atom. The van der Waals surface area contributed by atoms with Crippen LogP contribution >= 0.6 is 0 Å². The van der Waals surface area contributed by atoms with Gasteiger partial charge in [-0.25, -0.2) is 0 Å². The summed E-state index contributed by atoms with van der Waals surface area (Å²) in [5, 5.41) is 0. The van der Waals surface area contributed by atoms with Crippen molar-refractivity contribution in [1.82, 2.24) is 15.0 Å². The van der Waals surface area contributed by atoms with Crippen molar-refractivity contribution in [2.24, 2.45) is 0 Å². The average Bonchev–Trinajstić information content (AvgIpc) is 2.89. The summed E-state index contributed by atoms with van der Waals surface area (Å²) in [7, 11) is 4.49. The minimum Gasteiger partial charge on any atom is -0.496 e. The van der Waals surface area contributed by atoms with Crippen molar-refractivity contribution in [3.8, 4) is 17.8 Å². The molecular weight excluding hydrogens is 286 g/mol. The minimum absolute atomic E-state index is 0.00908. The molecule has 1 aliphatic rings. The fraction of sp³-hybridized carbons (Fsp3) is 0.333. The third-order valence-electron chi connectivity index (χ3n) is 3.61. The quantitative estimate of drug-likeness (QED) is 0.837. The van der Waals surface area contributed by atoms with Crippen LogP contribution in [-0.2, 0) is 11.2 Å². The van der Waals surface area contributed by atoms with Gasteiger partial charge in [-0.3, -0.25) is 4.79 Å². The number of rotatable bonds is 4. The molecule has 1 aromatic heterocycles. The second kappa shape index (κ2) is 5.59. The van der Waals surface area contributed by atoms with Gasteiger partial charge in [0, 0.05) is 12.0 Å². The van der Waals surface area contributed by atoms with E-state index in [1.54, 1.807) is 7.11 Å². The number of ketones is 1. The second-order valence-corrected chi connectivity index (χ2v) is 4.77. The Balaban J connectivity index is 2.12. The van der Waals surface area contributed by atoms with E-state index in [1.807, 2.05) is 18.2 Å². The fourth-order valence-electron chi connectivity index (χ4n) is 2.63. The van der Waals surface area contributed by atoms with Crippen LogP contribution in [0.25, 0.3) is 0 Å². The van der Waals surface area contributed by atoms with Crippen molar-refractivity contribution in [3.63, 3.8) is 0 Å². The van der Waals surface area contributed by atoms with Crippen molar-refractivity contribution in [2.75, 3.05) is 21.3 Å². The van der Waals surface area contributed by atoms with Crippen LogP contribution in [0.15, 0.2) is 18.2 Å². The molecule has 3 rings (SSSR count). The lowest BCUT2D eigenvalue weighted by Gasteiger charge is -2.11. The molecule has 1 aliphatic carbocycles. The van der Waals surface area contributed by atoms with E-state index < -0.39 is 5.92 Å². The van der Waals surface area contributed by atoms with Gasteiger partial charge in [-0.05, 0) is 11.6 Å². The first kappa shape index (κ1) is 14.2. The number of nitrogens with zero attached hydrogens (tertiary/aromatic N) is 3. The largest absolute Gasteiger partial charge is 0.496 e. The fourth-order valence-corrected chi connectivity index (χ4v) is 2.63. The van der Waals surface area contributed by atoms with Crippen molar-refractivity contribution >= 4 is 5.78 Å². The van der Waals surface area contributed by atoms with Gasteiger partial charge in [0.25, 0.3) is 0 Å². The number of ether oxygens (including phenoxy) is 3. The normalized spacial score (nSPS) is 16.3. The molecule has 1 atom stereocenters. The summed E-state index contributed by atoms with van der Waals surface area (Å²) in [5.41, 5.74) is 1.72. The summed E-state index contributed by atoms with van der Waals surface area (Å²) >= 11 is 0. The van der Waals surface area contributed by atoms with Gasteiger partial charge < -0.3 is 14.2 Å². The predicted molar refractivity (Wildman–Crippen MR) is 76.5 cm³/mol. The van der Waals surface area contributed by atoms with Crippen LogP contribution in [0.3, 0.4) is 0 Å². The molecule has 0 fully saturated rings. The van der Waals surface area contributed by atoms with E-state index in [2.05, 4.69) is 15.0 Å². The van der Waals surface area contributed by atoms with Crippen LogP contribution in [0, 0.1) is 0 Å². The first-order chi connectivity index (χ1) is 10.7. The van der Waals surface area contributed by atoms with E-state index in [4.69, 9.17) is 14.2 Å². The van der Waals surface area contributed by atoms with Gasteiger partial charge in [-0.15, -0.1) is 4.98 Å². The highest BCUT2D eigenvalue weighted by Crippen LogP contribution is 2.39. The minimum atomic E-state index is -0.559. The first-order valence-electron chi connectivity index (χ1n) is 6.70. The molecule has 7 nitrogen and oxygen atoms in total. The van der Waals surface area contributed by atoms with Crippen molar-refractivity contribution in [1.29, 1.82) is 0 Å². The molecule has 0 bridgehead atoms. The molecule has 0 aliphatic heterocycles. The summed E-state index contributed by atoms with van der Waals surface area (Å²) < 4.78 is 15.4. The summed E-state index contributed by atoms with van der Waals surface area (Å²) in [4.78, 5) is 24.8. The zero-order chi connectivity index (χ0) is 15.7. The molecule has 0 amide bonds. The number of hydrogen-bond acceptors (Lipinski definition) is 7. The van der Waals surface area contributed by atoms with Gasteiger partial charge >= 0.3 is 12.0 Å². The van der Waals surface area contributed by atoms with Crippen molar-refractivity contribution in [3.05, 3.63) is 35.2 Å². The first-order valence-corrected chi connectivity index (χ1v) is 6.70. The van der Waals surface area contributed by atoms with E-state index in [0.29, 0.717) is 18.0 Å². The topological polar surface area (TPSA) is 83.4 Å². The second-order valence-electron chi connectivity index (χ2n) is 4.77. The SMILES string of the molecule is COc1nc(OC)nc(C2C(=O)Cc3c(OC)cccc32)n1. The zero-order valence-electron chi connectivity index (χ0n) is 12.5. The highest BCUT2D eigenvalue weighted by Gasteiger charge is 2.36. The number of aromatic nitrogens is 3. The molecule has 22 heavy (non-hydrogen) atoms. The Hall–Kier alpha value is -2.70. The Labute approximate surface area is 127 Å². The molecule has 1 unspecified atom stereocenters. The predicted octanol–water partition coefficient (Wildman–Crippen LogP) is 1.15. The van der Waals surface area contributed by atoms with Crippen molar-refractivity contribution in [2.45, 2.75) is 12.3 Å². The van der Waals surface area contributed by atoms with Crippen LogP contribution in [0.4, 0.5) is 0 Å². The highest BCUT2D eigenvalue weighted by molar-refractivity contribution is 5.95. The molecule has 1 aromatic carbocycles. The maximum Gasteiger partial charge on any atom is 0.322 e. The molecule has 0 saturated carbocycles. The number of fused-ring (bicyclic) bond motifs is 1. The molecule has 0 radical (unpaired) electrons. The Morgan fingerprint density at radius 3 is 2.27 bits per heavy atom. The standard InChI is InChI=1S/C15H15N3O4/c1-20-11-6-4-5-8-9(11)7-10(19)12(8)13-16-14(21-2)18-15(17-13)22-3/h4-6,12H,7H2,1-3H3. The smallest absolute Gasteiger partial charge is 0.322 e. The van der Waals surface area contributed by atoms with Gasteiger partial charge in [0.05, 0.1) is 21.3 Å². The van der Waals surface area contributed by atoms with Gasteiger partial charge in [0.2, 0.25) is 0 Å². The number of benzene rings is 1. The third kappa shape index (κ3) is 2.24. The lowest BCUT2D eigenvalue weighted by molar-refractivity contribution is -0.118. The number of carbonyl (C=O) groups is 1. The lowest BCUT2D eigenvalue weighted by Crippen LogP contribution is -2.14. The molecular formula is C15H15N3O4. The lowest BCUT2D eigenvalue weighted by atomic mass is 9.99. The maximum absolute atomic E-state index is 12.5. The van der Waals surface area contributed by atoms with Gasteiger partial charge in [-0.2, -0.15) is 9.97 Å². The van der Waals surface area contributed by atoms with E-state index >= 15 is 0 Å². The number of Topliss-reactive ketones (excluding diaryl/α,β-unsaturated/α-hetero) is 1. The molecule has 0 N–H and O–H groups in total. The van der Waals surface area contributed by atoms with Crippen LogP contribution in [0.1, 0.15) is 22.9 Å². The molecule has 0 saturated heterocycles. The molecule has 7 heteroatoms. The van der Waals surface area contributed by atoms with E-state index in [0.717, 1.165) is 11.1 Å². The maximum atomic E-state index is 12.5. The van der Waals surface area contributed by atoms with E-state index in [9.17, 15) is 4.79 Å². The average molecular weight is 301 g/mol. The number of carbonyl (C=O) groups excluding carboxylic acids is 1. The van der Waals surface area contributed by atoms with E-state index in [1.165, 1.54) is 14.2 Å². The zero-order valence-corrected chi connectivity index (χ0v) is 12.5. The Kier molecular flexibility index (Phi) is 3.62. The van der Waals surface area contributed by atoms with Crippen LogP contribution in [0.5, 0.6) is 17.8 Å². The van der Waals surface area contributed by atoms with Crippen LogP contribution < -0.4 is 14.2 Å². The summed E-state index contributed by atoms with van der Waals surface area (Å²) in [6, 6.07) is 5.80. The Bertz CT molecular complexity index is 710. The van der Waals surface area contributed by atoms with Crippen molar-refractivity contribution < 1.29 is 19.0 Å². The molecule has 114 valence electrons. The Morgan fingerprint density at radius 2 is 1.68 bits per heavy atom. The van der Waals surface area contributed by atoms with Gasteiger partial charge in [0.1, 0.15) is 11.7 Å². The summed E-state index contributed by atoms with van der Waals surface area (Å²) in [6.07, 6.45) is 0.292. The summed E-state index contributed by atoms with van der Waals surface area (Å²) in [5.74, 6) is 0.466. The monoisotopic (exact) mass is 301 g/mol. The highest BCUT2D eigenvalue weighted by atomic mass is 16.5. The third-order valence-corrected chi connectivity index (χ3v) is 3.61. The molecule has 1 heterocycles. The van der Waals surface area contributed by atoms with E-state index in [-0.39, 0.29) is 17.8 Å². The number of hydrogen-bond donors (Lipinski definition) is 0. The van der Waals surface area contributed by atoms with Gasteiger partial charge in [-0.1, -0.05) is 12.1 Å². The van der Waals surface area contributed by atoms with Crippen LogP contribution in [0.2, 0.25) is 0 Å². The summed E-state index contributed by atoms with van der Waals surface area (Å²) in [6.45, 7) is 0. The molecule has 2 aromatic rings. The van der Waals surface area contributed by atoms with Gasteiger partial charge in [0.15, 0.2) is 11.6 Å². The number of methoxy groups -OCH3 is 3.